The molecule has 0 saturated heterocycles. The molecule has 2 heterocycles. The van der Waals surface area contributed by atoms with Crippen molar-refractivity contribution in [2.75, 3.05) is 0 Å². The van der Waals surface area contributed by atoms with Crippen LogP contribution in [0.2, 0.25) is 0 Å². The first kappa shape index (κ1) is 18.5. The van der Waals surface area contributed by atoms with E-state index in [0.29, 0.717) is 17.0 Å². The molecule has 1 atom stereocenters. The highest BCUT2D eigenvalue weighted by Crippen LogP contribution is 2.41. The fraction of sp³-hybridized carbons (Fsp3) is 0.125. The van der Waals surface area contributed by atoms with Gasteiger partial charge in [0.2, 0.25) is 0 Å². The van der Waals surface area contributed by atoms with Crippen LogP contribution in [0.1, 0.15) is 25.3 Å². The number of carboxylic acids is 1. The number of hydrogen-bond donors (Lipinski definition) is 2. The molecule has 142 valence electrons. The number of pyridine rings is 1. The van der Waals surface area contributed by atoms with E-state index in [0.717, 1.165) is 27.6 Å². The van der Waals surface area contributed by atoms with Gasteiger partial charge in [0.25, 0.3) is 0 Å². The van der Waals surface area contributed by atoms with Gasteiger partial charge in [0.15, 0.2) is 0 Å². The number of nitriles is 1. The van der Waals surface area contributed by atoms with Crippen LogP contribution in [0.15, 0.2) is 83.3 Å². The van der Waals surface area contributed by atoms with E-state index in [1.54, 1.807) is 13.8 Å². The molecular formula is C24H19N3O2. The average molecular weight is 381 g/mol. The standard InChI is InChI=1S/C24H19N3O2/c1-14-20(12-25)23(22(24(28)29)15(2)27-14)18-9-6-10-21-19(18)11-17(13-26-21)16-7-4-3-5-8-16/h3-11,13,23,27H,1-2H3,(H,28,29)/t23-/m1/s1. The molecule has 0 unspecified atom stereocenters. The van der Waals surface area contributed by atoms with Crippen molar-refractivity contribution in [2.45, 2.75) is 19.8 Å². The highest BCUT2D eigenvalue weighted by Gasteiger charge is 2.34. The van der Waals surface area contributed by atoms with Crippen molar-refractivity contribution in [3.05, 3.63) is 88.9 Å². The predicted molar refractivity (Wildman–Crippen MR) is 112 cm³/mol. The first-order chi connectivity index (χ1) is 14.0. The lowest BCUT2D eigenvalue weighted by Gasteiger charge is -2.28. The van der Waals surface area contributed by atoms with Gasteiger partial charge in [-0.15, -0.1) is 0 Å². The number of nitrogens with zero attached hydrogens (tertiary/aromatic N) is 2. The molecule has 5 heteroatoms. The van der Waals surface area contributed by atoms with Gasteiger partial charge < -0.3 is 10.4 Å². The van der Waals surface area contributed by atoms with Crippen LogP contribution in [0.4, 0.5) is 0 Å². The molecule has 4 rings (SSSR count). The van der Waals surface area contributed by atoms with E-state index in [1.165, 1.54) is 0 Å². The lowest BCUT2D eigenvalue weighted by atomic mass is 9.79. The van der Waals surface area contributed by atoms with E-state index in [4.69, 9.17) is 0 Å². The Labute approximate surface area is 168 Å². The van der Waals surface area contributed by atoms with Crippen LogP contribution in [0.25, 0.3) is 22.0 Å². The summed E-state index contributed by atoms with van der Waals surface area (Å²) >= 11 is 0. The van der Waals surface area contributed by atoms with Crippen molar-refractivity contribution in [2.24, 2.45) is 0 Å². The number of fused-ring (bicyclic) bond motifs is 1. The number of aromatic nitrogens is 1. The van der Waals surface area contributed by atoms with E-state index in [1.807, 2.05) is 60.8 Å². The second-order valence-corrected chi connectivity index (χ2v) is 7.06. The number of dihydropyridines is 1. The largest absolute Gasteiger partial charge is 0.478 e. The Hall–Kier alpha value is -3.91. The number of nitrogens with one attached hydrogen (secondary N) is 1. The van der Waals surface area contributed by atoms with E-state index in [2.05, 4.69) is 16.4 Å². The summed E-state index contributed by atoms with van der Waals surface area (Å²) in [6.45, 7) is 3.53. The van der Waals surface area contributed by atoms with Crippen molar-refractivity contribution < 1.29 is 9.90 Å². The van der Waals surface area contributed by atoms with E-state index in [-0.39, 0.29) is 5.57 Å². The SMILES string of the molecule is CC1=C(C#N)[C@@H](c2cccc3ncc(-c4ccccc4)cc23)C(C(=O)O)=C(C)N1. The molecule has 0 fully saturated rings. The van der Waals surface area contributed by atoms with Gasteiger partial charge in [-0.2, -0.15) is 5.26 Å². The maximum absolute atomic E-state index is 12.1. The predicted octanol–water partition coefficient (Wildman–Crippen LogP) is 4.74. The van der Waals surface area contributed by atoms with Crippen LogP contribution in [-0.2, 0) is 4.79 Å². The Balaban J connectivity index is 2.00. The molecule has 0 radical (unpaired) electrons. The van der Waals surface area contributed by atoms with Crippen LogP contribution in [0.5, 0.6) is 0 Å². The second-order valence-electron chi connectivity index (χ2n) is 7.06. The molecule has 3 aromatic rings. The van der Waals surface area contributed by atoms with Crippen LogP contribution in [0, 0.1) is 11.3 Å². The topological polar surface area (TPSA) is 86.0 Å². The van der Waals surface area contributed by atoms with Gasteiger partial charge in [-0.05, 0) is 37.1 Å². The van der Waals surface area contributed by atoms with Crippen LogP contribution in [0.3, 0.4) is 0 Å². The molecule has 0 saturated carbocycles. The van der Waals surface area contributed by atoms with Gasteiger partial charge in [0, 0.05) is 28.5 Å². The summed E-state index contributed by atoms with van der Waals surface area (Å²) < 4.78 is 0. The Kier molecular flexibility index (Phi) is 4.61. The van der Waals surface area contributed by atoms with Crippen molar-refractivity contribution >= 4 is 16.9 Å². The van der Waals surface area contributed by atoms with Crippen molar-refractivity contribution in [3.63, 3.8) is 0 Å². The molecule has 1 aromatic heterocycles. The summed E-state index contributed by atoms with van der Waals surface area (Å²) in [5.74, 6) is -1.69. The van der Waals surface area contributed by atoms with Crippen LogP contribution in [-0.4, -0.2) is 16.1 Å². The number of benzene rings is 2. The molecule has 2 aromatic carbocycles. The van der Waals surface area contributed by atoms with Gasteiger partial charge in [-0.1, -0.05) is 42.5 Å². The van der Waals surface area contributed by atoms with Gasteiger partial charge in [-0.25, -0.2) is 4.79 Å². The summed E-state index contributed by atoms with van der Waals surface area (Å²) in [5.41, 5.74) is 5.30. The number of hydrogen-bond acceptors (Lipinski definition) is 4. The zero-order valence-electron chi connectivity index (χ0n) is 16.1. The van der Waals surface area contributed by atoms with Gasteiger partial charge in [0.05, 0.1) is 28.7 Å². The molecule has 0 bridgehead atoms. The molecule has 0 amide bonds. The van der Waals surface area contributed by atoms with Crippen molar-refractivity contribution in [1.29, 1.82) is 5.26 Å². The quantitative estimate of drug-likeness (QED) is 0.684. The summed E-state index contributed by atoms with van der Waals surface area (Å²) in [6, 6.07) is 19.8. The van der Waals surface area contributed by atoms with E-state index >= 15 is 0 Å². The van der Waals surface area contributed by atoms with E-state index in [9.17, 15) is 15.2 Å². The van der Waals surface area contributed by atoms with Crippen LogP contribution < -0.4 is 5.32 Å². The van der Waals surface area contributed by atoms with Gasteiger partial charge in [0.1, 0.15) is 0 Å². The molecule has 0 aliphatic carbocycles. The number of allylic oxidation sites excluding steroid dienone is 3. The first-order valence-electron chi connectivity index (χ1n) is 9.27. The van der Waals surface area contributed by atoms with Crippen LogP contribution >= 0.6 is 0 Å². The molecule has 5 nitrogen and oxygen atoms in total. The molecule has 1 aliphatic heterocycles. The zero-order valence-corrected chi connectivity index (χ0v) is 16.1. The molecule has 2 N–H and O–H groups in total. The number of aliphatic carboxylic acids is 1. The lowest BCUT2D eigenvalue weighted by molar-refractivity contribution is -0.133. The third-order valence-corrected chi connectivity index (χ3v) is 5.29. The van der Waals surface area contributed by atoms with Crippen molar-refractivity contribution in [3.8, 4) is 17.2 Å². The molecule has 1 aliphatic rings. The summed E-state index contributed by atoms with van der Waals surface area (Å²) in [6.07, 6.45) is 1.81. The fourth-order valence-electron chi connectivity index (χ4n) is 3.95. The monoisotopic (exact) mass is 381 g/mol. The zero-order chi connectivity index (χ0) is 20.5. The molecule has 0 spiro atoms. The lowest BCUT2D eigenvalue weighted by Crippen LogP contribution is -2.27. The summed E-state index contributed by atoms with van der Waals surface area (Å²) in [4.78, 5) is 16.7. The normalized spacial score (nSPS) is 16.5. The van der Waals surface area contributed by atoms with Crippen molar-refractivity contribution in [1.82, 2.24) is 10.3 Å². The third kappa shape index (κ3) is 3.15. The maximum atomic E-state index is 12.1. The first-order valence-corrected chi connectivity index (χ1v) is 9.27. The van der Waals surface area contributed by atoms with Gasteiger partial charge in [-0.3, -0.25) is 4.98 Å². The smallest absolute Gasteiger partial charge is 0.334 e. The Morgan fingerprint density at radius 1 is 1.07 bits per heavy atom. The molecule has 29 heavy (non-hydrogen) atoms. The Morgan fingerprint density at radius 2 is 1.83 bits per heavy atom. The Bertz CT molecular complexity index is 1230. The third-order valence-electron chi connectivity index (χ3n) is 5.29. The number of carbonyl (C=O) groups is 1. The number of rotatable bonds is 3. The summed E-state index contributed by atoms with van der Waals surface area (Å²) in [7, 11) is 0. The highest BCUT2D eigenvalue weighted by atomic mass is 16.4. The fourth-order valence-corrected chi connectivity index (χ4v) is 3.95. The maximum Gasteiger partial charge on any atom is 0.334 e. The summed E-state index contributed by atoms with van der Waals surface area (Å²) in [5, 5.41) is 23.6. The average Bonchev–Trinajstić information content (AvgIpc) is 2.72. The minimum atomic E-state index is -1.04. The van der Waals surface area contributed by atoms with Gasteiger partial charge >= 0.3 is 5.97 Å². The second kappa shape index (κ2) is 7.25. The minimum absolute atomic E-state index is 0.185. The Morgan fingerprint density at radius 3 is 2.52 bits per heavy atom. The highest BCUT2D eigenvalue weighted by molar-refractivity contribution is 5.95. The van der Waals surface area contributed by atoms with E-state index < -0.39 is 11.9 Å². The minimum Gasteiger partial charge on any atom is -0.478 e. The number of carboxylic acid groups (broad SMARTS) is 1. The molecular weight excluding hydrogens is 362 g/mol.